The van der Waals surface area contributed by atoms with E-state index < -0.39 is 16.1 Å². The summed E-state index contributed by atoms with van der Waals surface area (Å²) in [5, 5.41) is 4.92. The van der Waals surface area contributed by atoms with Crippen molar-refractivity contribution in [1.82, 2.24) is 4.41 Å². The standard InChI is InChI=1S/C19H14BrClN2O3S/c20-14-5-3-13(4-6-14)17-12-18(19-2-1-11-26-19)23(22-17)27(24,25)16-9-7-15(21)8-10-16/h1-11,18H,12H2/t18-/m1/s1. The van der Waals surface area contributed by atoms with Crippen LogP contribution in [-0.4, -0.2) is 18.5 Å². The van der Waals surface area contributed by atoms with Gasteiger partial charge < -0.3 is 4.42 Å². The van der Waals surface area contributed by atoms with Crippen molar-refractivity contribution in [2.24, 2.45) is 5.10 Å². The van der Waals surface area contributed by atoms with Gasteiger partial charge in [0.2, 0.25) is 0 Å². The van der Waals surface area contributed by atoms with Crippen molar-refractivity contribution in [2.75, 3.05) is 0 Å². The third-order valence-electron chi connectivity index (χ3n) is 4.28. The normalized spacial score (nSPS) is 17.2. The van der Waals surface area contributed by atoms with Crippen LogP contribution in [0, 0.1) is 0 Å². The molecule has 2 heterocycles. The Bertz CT molecular complexity index is 1080. The number of hydrogen-bond acceptors (Lipinski definition) is 4. The first-order chi connectivity index (χ1) is 12.9. The third kappa shape index (κ3) is 3.54. The summed E-state index contributed by atoms with van der Waals surface area (Å²) in [6.45, 7) is 0. The molecule has 0 N–H and O–H groups in total. The lowest BCUT2D eigenvalue weighted by Crippen LogP contribution is -2.27. The Balaban J connectivity index is 1.78. The second kappa shape index (κ2) is 7.14. The van der Waals surface area contributed by atoms with Gasteiger partial charge >= 0.3 is 0 Å². The van der Waals surface area contributed by atoms with Crippen molar-refractivity contribution in [1.29, 1.82) is 0 Å². The van der Waals surface area contributed by atoms with Crippen LogP contribution in [0.15, 0.2) is 85.8 Å². The molecule has 5 nitrogen and oxygen atoms in total. The number of halogens is 2. The minimum Gasteiger partial charge on any atom is -0.467 e. The molecule has 0 bridgehead atoms. The summed E-state index contributed by atoms with van der Waals surface area (Å²) in [7, 11) is -3.86. The van der Waals surface area contributed by atoms with E-state index in [0.717, 1.165) is 14.5 Å². The van der Waals surface area contributed by atoms with Crippen molar-refractivity contribution >= 4 is 43.3 Å². The lowest BCUT2D eigenvalue weighted by atomic mass is 10.0. The fourth-order valence-electron chi connectivity index (χ4n) is 2.93. The quantitative estimate of drug-likeness (QED) is 0.529. The number of furan rings is 1. The van der Waals surface area contributed by atoms with E-state index in [9.17, 15) is 8.42 Å². The maximum Gasteiger partial charge on any atom is 0.279 e. The van der Waals surface area contributed by atoms with Crippen molar-refractivity contribution < 1.29 is 12.8 Å². The Kier molecular flexibility index (Phi) is 4.84. The van der Waals surface area contributed by atoms with E-state index in [-0.39, 0.29) is 4.90 Å². The van der Waals surface area contributed by atoms with E-state index in [2.05, 4.69) is 21.0 Å². The van der Waals surface area contributed by atoms with E-state index in [4.69, 9.17) is 16.0 Å². The van der Waals surface area contributed by atoms with Gasteiger partial charge in [-0.1, -0.05) is 39.7 Å². The summed E-state index contributed by atoms with van der Waals surface area (Å²) >= 11 is 9.30. The molecule has 0 saturated heterocycles. The number of benzene rings is 2. The molecule has 0 radical (unpaired) electrons. The van der Waals surface area contributed by atoms with E-state index in [1.807, 2.05) is 24.3 Å². The summed E-state index contributed by atoms with van der Waals surface area (Å²) in [6.07, 6.45) is 1.95. The van der Waals surface area contributed by atoms with Gasteiger partial charge in [-0.25, -0.2) is 0 Å². The third-order valence-corrected chi connectivity index (χ3v) is 6.76. The fourth-order valence-corrected chi connectivity index (χ4v) is 4.74. The largest absolute Gasteiger partial charge is 0.467 e. The fraction of sp³-hybridized carbons (Fsp3) is 0.105. The van der Waals surface area contributed by atoms with Crippen LogP contribution in [0.3, 0.4) is 0 Å². The predicted molar refractivity (Wildman–Crippen MR) is 107 cm³/mol. The molecular formula is C19H14BrClN2O3S. The highest BCUT2D eigenvalue weighted by molar-refractivity contribution is 9.10. The summed E-state index contributed by atoms with van der Waals surface area (Å²) in [6, 6.07) is 16.6. The Morgan fingerprint density at radius 2 is 1.78 bits per heavy atom. The van der Waals surface area contributed by atoms with E-state index in [1.54, 1.807) is 24.3 Å². The zero-order chi connectivity index (χ0) is 19.0. The zero-order valence-electron chi connectivity index (χ0n) is 13.9. The minimum absolute atomic E-state index is 0.129. The Hall–Kier alpha value is -2.09. The molecule has 0 amide bonds. The molecule has 3 aromatic rings. The Morgan fingerprint density at radius 1 is 1.07 bits per heavy atom. The molecule has 4 rings (SSSR count). The second-order valence-corrected chi connectivity index (χ2v) is 9.17. The smallest absolute Gasteiger partial charge is 0.279 e. The van der Waals surface area contributed by atoms with Gasteiger partial charge in [0, 0.05) is 15.9 Å². The maximum atomic E-state index is 13.2. The highest BCUT2D eigenvalue weighted by atomic mass is 79.9. The van der Waals surface area contributed by atoms with Gasteiger partial charge in [-0.05, 0) is 54.1 Å². The first kappa shape index (κ1) is 18.3. The van der Waals surface area contributed by atoms with Gasteiger partial charge in [0.15, 0.2) is 0 Å². The summed E-state index contributed by atoms with van der Waals surface area (Å²) in [4.78, 5) is 0.129. The highest BCUT2D eigenvalue weighted by Crippen LogP contribution is 2.37. The van der Waals surface area contributed by atoms with Crippen LogP contribution in [0.2, 0.25) is 5.02 Å². The van der Waals surface area contributed by atoms with E-state index >= 15 is 0 Å². The second-order valence-electron chi connectivity index (χ2n) is 6.02. The molecule has 0 fully saturated rings. The summed E-state index contributed by atoms with van der Waals surface area (Å²) in [5.74, 6) is 0.545. The molecule has 27 heavy (non-hydrogen) atoms. The van der Waals surface area contributed by atoms with E-state index in [1.165, 1.54) is 18.4 Å². The van der Waals surface area contributed by atoms with Crippen molar-refractivity contribution in [3.8, 4) is 0 Å². The lowest BCUT2D eigenvalue weighted by Gasteiger charge is -2.21. The first-order valence-corrected chi connectivity index (χ1v) is 10.7. The molecule has 1 aliphatic heterocycles. The molecule has 0 aliphatic carbocycles. The minimum atomic E-state index is -3.86. The topological polar surface area (TPSA) is 62.9 Å². The molecule has 138 valence electrons. The number of hydrogen-bond donors (Lipinski definition) is 0. The Morgan fingerprint density at radius 3 is 2.41 bits per heavy atom. The maximum absolute atomic E-state index is 13.2. The molecule has 1 atom stereocenters. The SMILES string of the molecule is O=S(=O)(c1ccc(Cl)cc1)N1N=C(c2ccc(Br)cc2)C[C@@H]1c1ccco1. The van der Waals surface area contributed by atoms with Gasteiger partial charge in [0.25, 0.3) is 10.0 Å². The van der Waals surface area contributed by atoms with Gasteiger partial charge in [-0.15, -0.1) is 0 Å². The highest BCUT2D eigenvalue weighted by Gasteiger charge is 2.39. The van der Waals surface area contributed by atoms with Crippen LogP contribution >= 0.6 is 27.5 Å². The van der Waals surface area contributed by atoms with Crippen LogP contribution in [0.1, 0.15) is 23.8 Å². The van der Waals surface area contributed by atoms with Crippen LogP contribution in [0.5, 0.6) is 0 Å². The van der Waals surface area contributed by atoms with Crippen LogP contribution in [0.25, 0.3) is 0 Å². The van der Waals surface area contributed by atoms with Gasteiger partial charge in [-0.3, -0.25) is 0 Å². The summed E-state index contributed by atoms with van der Waals surface area (Å²) < 4.78 is 34.0. The van der Waals surface area contributed by atoms with Crippen molar-refractivity contribution in [2.45, 2.75) is 17.4 Å². The molecule has 0 saturated carbocycles. The number of rotatable bonds is 4. The molecule has 0 unspecified atom stereocenters. The molecular weight excluding hydrogens is 452 g/mol. The lowest BCUT2D eigenvalue weighted by molar-refractivity contribution is 0.320. The van der Waals surface area contributed by atoms with Gasteiger partial charge in [-0.2, -0.15) is 17.9 Å². The first-order valence-electron chi connectivity index (χ1n) is 8.12. The van der Waals surface area contributed by atoms with Crippen LogP contribution < -0.4 is 0 Å². The van der Waals surface area contributed by atoms with E-state index in [0.29, 0.717) is 22.9 Å². The summed E-state index contributed by atoms with van der Waals surface area (Å²) in [5.41, 5.74) is 1.55. The molecule has 0 spiro atoms. The van der Waals surface area contributed by atoms with Crippen molar-refractivity contribution in [3.63, 3.8) is 0 Å². The molecule has 1 aromatic heterocycles. The average molecular weight is 466 g/mol. The number of hydrazone groups is 1. The van der Waals surface area contributed by atoms with Crippen LogP contribution in [0.4, 0.5) is 0 Å². The molecule has 1 aliphatic rings. The zero-order valence-corrected chi connectivity index (χ0v) is 17.1. The monoisotopic (exact) mass is 464 g/mol. The molecule has 2 aromatic carbocycles. The van der Waals surface area contributed by atoms with Crippen molar-refractivity contribution in [3.05, 3.63) is 87.7 Å². The average Bonchev–Trinajstić information content (AvgIpc) is 3.32. The molecule has 8 heteroatoms. The number of sulfonamides is 1. The Labute approximate surface area is 170 Å². The van der Waals surface area contributed by atoms with Gasteiger partial charge in [0.1, 0.15) is 11.8 Å². The van der Waals surface area contributed by atoms with Gasteiger partial charge in [0.05, 0.1) is 16.9 Å². The predicted octanol–water partition coefficient (Wildman–Crippen LogP) is 5.24. The number of nitrogens with zero attached hydrogens (tertiary/aromatic N) is 2. The van der Waals surface area contributed by atoms with Crippen LogP contribution in [-0.2, 0) is 10.0 Å².